The molecule has 0 unspecified atom stereocenters. The summed E-state index contributed by atoms with van der Waals surface area (Å²) < 4.78 is 7.35. The Morgan fingerprint density at radius 2 is 2.00 bits per heavy atom. The molecule has 1 amide bonds. The molecule has 0 saturated carbocycles. The number of hydrogen-bond acceptors (Lipinski definition) is 5. The molecule has 2 aromatic heterocycles. The summed E-state index contributed by atoms with van der Waals surface area (Å²) in [5, 5.41) is 11.8. The minimum absolute atomic E-state index is 0.0300. The lowest BCUT2D eigenvalue weighted by Gasteiger charge is -2.08. The van der Waals surface area contributed by atoms with Crippen molar-refractivity contribution in [3.63, 3.8) is 0 Å². The molecular weight excluding hydrogens is 354 g/mol. The Kier molecular flexibility index (Phi) is 5.68. The van der Waals surface area contributed by atoms with Crippen LogP contribution >= 0.6 is 11.6 Å². The molecule has 8 heteroatoms. The van der Waals surface area contributed by atoms with Gasteiger partial charge in [-0.05, 0) is 50.6 Å². The van der Waals surface area contributed by atoms with E-state index in [1.807, 2.05) is 24.3 Å². The quantitative estimate of drug-likeness (QED) is 0.643. The van der Waals surface area contributed by atoms with Gasteiger partial charge in [-0.2, -0.15) is 0 Å². The van der Waals surface area contributed by atoms with Gasteiger partial charge in [0.15, 0.2) is 6.61 Å². The minimum Gasteiger partial charge on any atom is -0.484 e. The van der Waals surface area contributed by atoms with E-state index >= 15 is 0 Å². The number of rotatable bonds is 7. The summed E-state index contributed by atoms with van der Waals surface area (Å²) in [6.07, 6.45) is 1.45. The molecule has 136 valence electrons. The topological polar surface area (TPSA) is 81.4 Å². The Bertz CT molecular complexity index is 908. The highest BCUT2D eigenvalue weighted by Gasteiger charge is 2.09. The number of aromatic nitrogens is 4. The third-order valence-corrected chi connectivity index (χ3v) is 4.09. The highest BCUT2D eigenvalue weighted by Crippen LogP contribution is 2.15. The van der Waals surface area contributed by atoms with Crippen LogP contribution in [-0.2, 0) is 11.2 Å². The number of carbonyl (C=O) groups excluding carboxylic acids is 1. The zero-order valence-corrected chi connectivity index (χ0v) is 15.5. The molecule has 0 spiro atoms. The number of nitrogens with one attached hydrogen (secondary N) is 1. The van der Waals surface area contributed by atoms with Gasteiger partial charge in [-0.15, -0.1) is 10.2 Å². The van der Waals surface area contributed by atoms with Crippen molar-refractivity contribution in [3.05, 3.63) is 52.6 Å². The van der Waals surface area contributed by atoms with Crippen molar-refractivity contribution in [1.29, 1.82) is 0 Å². The van der Waals surface area contributed by atoms with Gasteiger partial charge in [-0.1, -0.05) is 11.6 Å². The average molecular weight is 374 g/mol. The molecule has 0 radical (unpaired) electrons. The first kappa shape index (κ1) is 18.1. The number of hydrogen-bond donors (Lipinski definition) is 1. The highest BCUT2D eigenvalue weighted by molar-refractivity contribution is 6.30. The first-order valence-corrected chi connectivity index (χ1v) is 8.74. The van der Waals surface area contributed by atoms with Crippen molar-refractivity contribution >= 4 is 23.3 Å². The number of fused-ring (bicyclic) bond motifs is 1. The minimum atomic E-state index is -0.167. The van der Waals surface area contributed by atoms with Crippen LogP contribution in [0.4, 0.5) is 0 Å². The second kappa shape index (κ2) is 8.14. The zero-order valence-electron chi connectivity index (χ0n) is 14.7. The molecule has 3 rings (SSSR count). The third kappa shape index (κ3) is 4.49. The van der Waals surface area contributed by atoms with Crippen LogP contribution in [0.5, 0.6) is 5.75 Å². The highest BCUT2D eigenvalue weighted by atomic mass is 35.5. The number of amides is 1. The number of ether oxygens (including phenoxy) is 1. The molecule has 2 heterocycles. The summed E-state index contributed by atoms with van der Waals surface area (Å²) in [5.74, 6) is 1.90. The summed E-state index contributed by atoms with van der Waals surface area (Å²) >= 11 is 5.80. The van der Waals surface area contributed by atoms with Crippen LogP contribution in [0, 0.1) is 13.8 Å². The summed E-state index contributed by atoms with van der Waals surface area (Å²) in [5.41, 5.74) is 1.97. The molecule has 0 saturated heterocycles. The molecule has 0 fully saturated rings. The first-order chi connectivity index (χ1) is 12.5. The van der Waals surface area contributed by atoms with E-state index in [9.17, 15) is 4.79 Å². The van der Waals surface area contributed by atoms with Crippen molar-refractivity contribution in [2.75, 3.05) is 13.2 Å². The Hall–Kier alpha value is -2.67. The molecule has 1 aromatic carbocycles. The molecular formula is C18H20ClN5O2. The van der Waals surface area contributed by atoms with Crippen LogP contribution in [0.2, 0.25) is 5.02 Å². The van der Waals surface area contributed by atoms with Gasteiger partial charge in [-0.3, -0.25) is 9.20 Å². The largest absolute Gasteiger partial charge is 0.484 e. The molecule has 0 bridgehead atoms. The van der Waals surface area contributed by atoms with Gasteiger partial charge in [0.25, 0.3) is 11.7 Å². The monoisotopic (exact) mass is 373 g/mol. The second-order valence-electron chi connectivity index (χ2n) is 5.99. The molecule has 0 aliphatic heterocycles. The van der Waals surface area contributed by atoms with Crippen molar-refractivity contribution in [1.82, 2.24) is 24.9 Å². The molecule has 7 nitrogen and oxygen atoms in total. The summed E-state index contributed by atoms with van der Waals surface area (Å²) in [6.45, 7) is 4.45. The van der Waals surface area contributed by atoms with E-state index in [4.69, 9.17) is 16.3 Å². The maximum absolute atomic E-state index is 11.8. The summed E-state index contributed by atoms with van der Waals surface area (Å²) in [6, 6.07) is 8.88. The van der Waals surface area contributed by atoms with Gasteiger partial charge < -0.3 is 10.1 Å². The maximum Gasteiger partial charge on any atom is 0.257 e. The predicted molar refractivity (Wildman–Crippen MR) is 98.5 cm³/mol. The van der Waals surface area contributed by atoms with Gasteiger partial charge in [0.05, 0.1) is 0 Å². The third-order valence-electron chi connectivity index (χ3n) is 3.84. The van der Waals surface area contributed by atoms with Crippen LogP contribution < -0.4 is 10.1 Å². The maximum atomic E-state index is 11.8. The fourth-order valence-corrected chi connectivity index (χ4v) is 2.79. The normalized spacial score (nSPS) is 10.9. The summed E-state index contributed by atoms with van der Waals surface area (Å²) in [7, 11) is 0. The molecule has 0 aliphatic carbocycles. The fraction of sp³-hybridized carbons (Fsp3) is 0.333. The molecule has 26 heavy (non-hydrogen) atoms. The van der Waals surface area contributed by atoms with Gasteiger partial charge in [0, 0.05) is 29.4 Å². The van der Waals surface area contributed by atoms with E-state index < -0.39 is 0 Å². The lowest BCUT2D eigenvalue weighted by atomic mass is 10.3. The first-order valence-electron chi connectivity index (χ1n) is 8.36. The van der Waals surface area contributed by atoms with Gasteiger partial charge in [-0.25, -0.2) is 4.98 Å². The lowest BCUT2D eigenvalue weighted by molar-refractivity contribution is -0.123. The molecule has 0 atom stereocenters. The Labute approximate surface area is 156 Å². The summed E-state index contributed by atoms with van der Waals surface area (Å²) in [4.78, 5) is 16.2. The van der Waals surface area contributed by atoms with Crippen molar-refractivity contribution in [2.24, 2.45) is 0 Å². The number of aryl methyl sites for hydroxylation is 3. The van der Waals surface area contributed by atoms with Crippen LogP contribution in [-0.4, -0.2) is 38.6 Å². The van der Waals surface area contributed by atoms with Crippen LogP contribution in [0.1, 0.15) is 23.6 Å². The van der Waals surface area contributed by atoms with Crippen LogP contribution in [0.15, 0.2) is 30.3 Å². The van der Waals surface area contributed by atoms with Crippen molar-refractivity contribution in [3.8, 4) is 5.75 Å². The lowest BCUT2D eigenvalue weighted by Crippen LogP contribution is -2.30. The number of benzene rings is 1. The SMILES string of the molecule is Cc1cc(C)n2c(CCCNC(=O)COc3ccc(Cl)cc3)nnc2n1. The Balaban J connectivity index is 1.44. The van der Waals surface area contributed by atoms with E-state index in [0.717, 1.165) is 23.6 Å². The van der Waals surface area contributed by atoms with Gasteiger partial charge in [0.2, 0.25) is 0 Å². The molecule has 1 N–H and O–H groups in total. The van der Waals surface area contributed by atoms with E-state index in [0.29, 0.717) is 29.5 Å². The fourth-order valence-electron chi connectivity index (χ4n) is 2.66. The van der Waals surface area contributed by atoms with E-state index in [1.54, 1.807) is 24.3 Å². The smallest absolute Gasteiger partial charge is 0.257 e. The van der Waals surface area contributed by atoms with Crippen molar-refractivity contribution in [2.45, 2.75) is 26.7 Å². The molecule has 3 aromatic rings. The number of halogens is 1. The van der Waals surface area contributed by atoms with E-state index in [1.165, 1.54) is 0 Å². The van der Waals surface area contributed by atoms with E-state index in [2.05, 4.69) is 20.5 Å². The van der Waals surface area contributed by atoms with Crippen molar-refractivity contribution < 1.29 is 9.53 Å². The number of nitrogens with zero attached hydrogens (tertiary/aromatic N) is 4. The van der Waals surface area contributed by atoms with Crippen LogP contribution in [0.3, 0.4) is 0 Å². The average Bonchev–Trinajstić information content (AvgIpc) is 3.01. The Morgan fingerprint density at radius 1 is 1.23 bits per heavy atom. The second-order valence-corrected chi connectivity index (χ2v) is 6.42. The zero-order chi connectivity index (χ0) is 18.5. The van der Waals surface area contributed by atoms with Crippen LogP contribution in [0.25, 0.3) is 5.78 Å². The van der Waals surface area contributed by atoms with E-state index in [-0.39, 0.29) is 12.5 Å². The Morgan fingerprint density at radius 3 is 2.77 bits per heavy atom. The standard InChI is InChI=1S/C18H20ClN5O2/c1-12-10-13(2)24-16(22-23-18(24)21-12)4-3-9-20-17(25)11-26-15-7-5-14(19)6-8-15/h5-8,10H,3-4,9,11H2,1-2H3,(H,20,25). The predicted octanol–water partition coefficient (Wildman–Crippen LogP) is 2.52. The molecule has 0 aliphatic rings. The van der Waals surface area contributed by atoms with Gasteiger partial charge in [0.1, 0.15) is 11.6 Å². The van der Waals surface area contributed by atoms with Gasteiger partial charge >= 0.3 is 0 Å². The number of carbonyl (C=O) groups is 1.